The van der Waals surface area contributed by atoms with Gasteiger partial charge in [-0.2, -0.15) is 0 Å². The predicted octanol–water partition coefficient (Wildman–Crippen LogP) is 0.563. The van der Waals surface area contributed by atoms with E-state index < -0.39 is 0 Å². The summed E-state index contributed by atoms with van der Waals surface area (Å²) >= 11 is 0. The minimum Gasteiger partial charge on any atom is -0.497 e. The van der Waals surface area contributed by atoms with Gasteiger partial charge >= 0.3 is 0 Å². The van der Waals surface area contributed by atoms with Gasteiger partial charge in [-0.05, 0) is 17.7 Å². The molecule has 2 fully saturated rings. The van der Waals surface area contributed by atoms with Crippen molar-refractivity contribution in [2.45, 2.75) is 18.5 Å². The number of benzene rings is 1. The van der Waals surface area contributed by atoms with Gasteiger partial charge in [0.25, 0.3) is 0 Å². The first-order valence-electron chi connectivity index (χ1n) is 9.30. The first-order valence-corrected chi connectivity index (χ1v) is 9.30. The van der Waals surface area contributed by atoms with Gasteiger partial charge < -0.3 is 24.8 Å². The van der Waals surface area contributed by atoms with Gasteiger partial charge in [0, 0.05) is 38.6 Å². The van der Waals surface area contributed by atoms with Crippen LogP contribution < -0.4 is 15.4 Å². The normalized spacial score (nSPS) is 22.6. The predicted molar refractivity (Wildman–Crippen MR) is 98.4 cm³/mol. The van der Waals surface area contributed by atoms with Crippen LogP contribution in [0.5, 0.6) is 5.75 Å². The van der Waals surface area contributed by atoms with Crippen LogP contribution in [0, 0.1) is 0 Å². The Bertz CT molecular complexity index is 554. The van der Waals surface area contributed by atoms with Gasteiger partial charge in [0.05, 0.1) is 39.6 Å². The van der Waals surface area contributed by atoms with Crippen molar-refractivity contribution >= 4 is 5.91 Å². The molecule has 0 aromatic heterocycles. The van der Waals surface area contributed by atoms with Crippen molar-refractivity contribution in [1.82, 2.24) is 15.5 Å². The molecule has 3 rings (SSSR count). The summed E-state index contributed by atoms with van der Waals surface area (Å²) in [6.45, 7) is 5.88. The third-order valence-electron chi connectivity index (χ3n) is 4.91. The average molecular weight is 363 g/mol. The molecule has 1 aromatic carbocycles. The van der Waals surface area contributed by atoms with E-state index in [0.717, 1.165) is 38.6 Å². The summed E-state index contributed by atoms with van der Waals surface area (Å²) in [5.74, 6) is 0.890. The molecule has 2 atom stereocenters. The minimum atomic E-state index is 0.0553. The van der Waals surface area contributed by atoms with Crippen molar-refractivity contribution in [2.75, 3.05) is 59.7 Å². The SMILES string of the molecule is COc1ccc(C(CNC(=O)CC2COCCN2)N2CCOCC2)cc1. The lowest BCUT2D eigenvalue weighted by Crippen LogP contribution is -2.46. The van der Waals surface area contributed by atoms with Gasteiger partial charge in [-0.25, -0.2) is 0 Å². The highest BCUT2D eigenvalue weighted by molar-refractivity contribution is 5.76. The summed E-state index contributed by atoms with van der Waals surface area (Å²) in [6, 6.07) is 8.31. The second-order valence-electron chi connectivity index (χ2n) is 6.67. The van der Waals surface area contributed by atoms with E-state index >= 15 is 0 Å². The maximum atomic E-state index is 12.4. The number of carbonyl (C=O) groups excluding carboxylic acids is 1. The van der Waals surface area contributed by atoms with Crippen LogP contribution in [0.4, 0.5) is 0 Å². The van der Waals surface area contributed by atoms with E-state index in [1.165, 1.54) is 5.56 Å². The number of hydrogen-bond donors (Lipinski definition) is 2. The summed E-state index contributed by atoms with van der Waals surface area (Å²) in [6.07, 6.45) is 0.443. The molecule has 0 aliphatic carbocycles. The van der Waals surface area contributed by atoms with Crippen LogP contribution in [0.1, 0.15) is 18.0 Å². The second kappa shape index (κ2) is 9.87. The van der Waals surface area contributed by atoms with Gasteiger partial charge in [0.15, 0.2) is 0 Å². The summed E-state index contributed by atoms with van der Waals surface area (Å²) in [5, 5.41) is 6.42. The molecule has 0 spiro atoms. The Morgan fingerprint density at radius 1 is 1.27 bits per heavy atom. The van der Waals surface area contributed by atoms with E-state index in [1.807, 2.05) is 12.1 Å². The Morgan fingerprint density at radius 2 is 2.04 bits per heavy atom. The largest absolute Gasteiger partial charge is 0.497 e. The number of rotatable bonds is 7. The number of hydrogen-bond acceptors (Lipinski definition) is 6. The Kier molecular flexibility index (Phi) is 7.25. The molecule has 0 radical (unpaired) electrons. The highest BCUT2D eigenvalue weighted by atomic mass is 16.5. The van der Waals surface area contributed by atoms with Crippen LogP contribution in [0.25, 0.3) is 0 Å². The Balaban J connectivity index is 1.59. The summed E-state index contributed by atoms with van der Waals surface area (Å²) in [7, 11) is 1.66. The lowest BCUT2D eigenvalue weighted by atomic mass is 10.0. The number of amides is 1. The molecule has 2 N–H and O–H groups in total. The molecular formula is C19H29N3O4. The Hall–Kier alpha value is -1.67. The first-order chi connectivity index (χ1) is 12.8. The molecule has 0 bridgehead atoms. The molecule has 1 amide bonds. The fraction of sp³-hybridized carbons (Fsp3) is 0.632. The van der Waals surface area contributed by atoms with Crippen molar-refractivity contribution in [3.05, 3.63) is 29.8 Å². The maximum absolute atomic E-state index is 12.4. The van der Waals surface area contributed by atoms with Crippen molar-refractivity contribution in [3.63, 3.8) is 0 Å². The first kappa shape index (κ1) is 19.1. The lowest BCUT2D eigenvalue weighted by molar-refractivity contribution is -0.122. The van der Waals surface area contributed by atoms with Crippen molar-refractivity contribution in [3.8, 4) is 5.75 Å². The summed E-state index contributed by atoms with van der Waals surface area (Å²) < 4.78 is 16.2. The van der Waals surface area contributed by atoms with E-state index in [2.05, 4.69) is 27.7 Å². The zero-order valence-electron chi connectivity index (χ0n) is 15.4. The summed E-state index contributed by atoms with van der Waals surface area (Å²) in [4.78, 5) is 14.7. The molecular weight excluding hydrogens is 334 g/mol. The number of methoxy groups -OCH3 is 1. The van der Waals surface area contributed by atoms with E-state index in [-0.39, 0.29) is 18.0 Å². The third-order valence-corrected chi connectivity index (χ3v) is 4.91. The monoisotopic (exact) mass is 363 g/mol. The number of nitrogens with zero attached hydrogens (tertiary/aromatic N) is 1. The van der Waals surface area contributed by atoms with Gasteiger partial charge in [-0.3, -0.25) is 9.69 Å². The second-order valence-corrected chi connectivity index (χ2v) is 6.67. The number of carbonyl (C=O) groups is 1. The van der Waals surface area contributed by atoms with Gasteiger partial charge in [-0.15, -0.1) is 0 Å². The van der Waals surface area contributed by atoms with Gasteiger partial charge in [0.2, 0.25) is 5.91 Å². The van der Waals surface area contributed by atoms with Crippen LogP contribution in [-0.4, -0.2) is 76.6 Å². The zero-order valence-corrected chi connectivity index (χ0v) is 15.4. The fourth-order valence-corrected chi connectivity index (χ4v) is 3.43. The molecule has 7 nitrogen and oxygen atoms in total. The van der Waals surface area contributed by atoms with Crippen molar-refractivity contribution in [2.24, 2.45) is 0 Å². The van der Waals surface area contributed by atoms with Gasteiger partial charge in [0.1, 0.15) is 5.75 Å². The summed E-state index contributed by atoms with van der Waals surface area (Å²) in [5.41, 5.74) is 1.17. The molecule has 7 heteroatoms. The van der Waals surface area contributed by atoms with E-state index in [9.17, 15) is 4.79 Å². The zero-order chi connectivity index (χ0) is 18.2. The number of nitrogens with one attached hydrogen (secondary N) is 2. The quantitative estimate of drug-likeness (QED) is 0.738. The van der Waals surface area contributed by atoms with Crippen LogP contribution in [0.2, 0.25) is 0 Å². The molecule has 26 heavy (non-hydrogen) atoms. The molecule has 2 aliphatic heterocycles. The van der Waals surface area contributed by atoms with Crippen molar-refractivity contribution < 1.29 is 19.0 Å². The van der Waals surface area contributed by atoms with Crippen LogP contribution in [-0.2, 0) is 14.3 Å². The lowest BCUT2D eigenvalue weighted by Gasteiger charge is -2.35. The molecule has 2 saturated heterocycles. The molecule has 2 unspecified atom stereocenters. The molecule has 144 valence electrons. The van der Waals surface area contributed by atoms with E-state index in [0.29, 0.717) is 26.2 Å². The number of ether oxygens (including phenoxy) is 3. The molecule has 0 saturated carbocycles. The van der Waals surface area contributed by atoms with Crippen LogP contribution >= 0.6 is 0 Å². The average Bonchev–Trinajstić information content (AvgIpc) is 2.70. The smallest absolute Gasteiger partial charge is 0.221 e. The fourth-order valence-electron chi connectivity index (χ4n) is 3.43. The molecule has 1 aromatic rings. The maximum Gasteiger partial charge on any atom is 0.221 e. The Morgan fingerprint density at radius 3 is 2.69 bits per heavy atom. The van der Waals surface area contributed by atoms with E-state index in [4.69, 9.17) is 14.2 Å². The highest BCUT2D eigenvalue weighted by Gasteiger charge is 2.24. The standard InChI is InChI=1S/C19H29N3O4/c1-24-17-4-2-15(3-5-17)18(22-7-10-25-11-8-22)13-21-19(23)12-16-14-26-9-6-20-16/h2-5,16,18,20H,6-14H2,1H3,(H,21,23). The van der Waals surface area contributed by atoms with Crippen molar-refractivity contribution in [1.29, 1.82) is 0 Å². The topological polar surface area (TPSA) is 72.1 Å². The third kappa shape index (κ3) is 5.41. The van der Waals surface area contributed by atoms with E-state index in [1.54, 1.807) is 7.11 Å². The molecule has 2 heterocycles. The van der Waals surface area contributed by atoms with Gasteiger partial charge in [-0.1, -0.05) is 12.1 Å². The van der Waals surface area contributed by atoms with Crippen LogP contribution in [0.3, 0.4) is 0 Å². The van der Waals surface area contributed by atoms with Crippen LogP contribution in [0.15, 0.2) is 24.3 Å². The number of morpholine rings is 2. The molecule has 2 aliphatic rings. The highest BCUT2D eigenvalue weighted by Crippen LogP contribution is 2.23. The Labute approximate surface area is 155 Å². The minimum absolute atomic E-state index is 0.0553.